The largest absolute Gasteiger partial charge is 0.525 e. The number of rotatable bonds is 3. The Morgan fingerprint density at radius 1 is 1.13 bits per heavy atom. The van der Waals surface area contributed by atoms with Crippen molar-refractivity contribution >= 4 is 17.7 Å². The third-order valence-corrected chi connectivity index (χ3v) is 5.57. The van der Waals surface area contributed by atoms with E-state index in [0.717, 1.165) is 5.56 Å². The van der Waals surface area contributed by atoms with Crippen LogP contribution in [0, 0.1) is 11.6 Å². The molecule has 0 fully saturated rings. The SMILES string of the molecule is O=C(C[NH+]1C(=O)Oc2cccc(F)c21)N1CCCn2cc(-c3ccc(F)cc3)nc2C1. The summed E-state index contributed by atoms with van der Waals surface area (Å²) >= 11 is 0. The van der Waals surface area contributed by atoms with Gasteiger partial charge >= 0.3 is 6.09 Å². The second-order valence-corrected chi connectivity index (χ2v) is 7.57. The van der Waals surface area contributed by atoms with Gasteiger partial charge in [0, 0.05) is 24.8 Å². The summed E-state index contributed by atoms with van der Waals surface area (Å²) in [7, 11) is 0. The molecule has 0 spiro atoms. The standard InChI is InChI=1S/C22H18F2N4O3/c23-15-7-5-14(6-8-15)17-11-26-9-2-10-27(12-19(26)25-17)20(29)13-28-21-16(24)3-1-4-18(21)31-22(28)30/h1,3-8,11H,2,9-10,12-13H2/p+1. The van der Waals surface area contributed by atoms with E-state index in [4.69, 9.17) is 4.74 Å². The Kier molecular flexibility index (Phi) is 4.74. The van der Waals surface area contributed by atoms with Crippen LogP contribution in [0.4, 0.5) is 19.3 Å². The third-order valence-electron chi connectivity index (χ3n) is 5.57. The first-order valence-corrected chi connectivity index (χ1v) is 9.96. The van der Waals surface area contributed by atoms with Crippen LogP contribution in [0.15, 0.2) is 48.7 Å². The molecule has 9 heteroatoms. The number of nitrogens with one attached hydrogen (secondary N) is 1. The van der Waals surface area contributed by atoms with Crippen molar-refractivity contribution in [1.82, 2.24) is 14.5 Å². The highest BCUT2D eigenvalue weighted by molar-refractivity contribution is 5.81. The molecule has 1 unspecified atom stereocenters. The van der Waals surface area contributed by atoms with Crippen molar-refractivity contribution in [2.24, 2.45) is 0 Å². The molecule has 0 aliphatic carbocycles. The van der Waals surface area contributed by atoms with Crippen LogP contribution < -0.4 is 9.64 Å². The first-order valence-electron chi connectivity index (χ1n) is 9.96. The molecule has 1 aromatic heterocycles. The van der Waals surface area contributed by atoms with Crippen molar-refractivity contribution < 1.29 is 28.0 Å². The summed E-state index contributed by atoms with van der Waals surface area (Å²) in [6, 6.07) is 10.3. The molecule has 158 valence electrons. The minimum absolute atomic E-state index is 0.0395. The first kappa shape index (κ1) is 19.4. The van der Waals surface area contributed by atoms with Crippen molar-refractivity contribution in [1.29, 1.82) is 0 Å². The van der Waals surface area contributed by atoms with E-state index in [1.54, 1.807) is 17.0 Å². The second-order valence-electron chi connectivity index (χ2n) is 7.57. The highest BCUT2D eigenvalue weighted by atomic mass is 19.1. The van der Waals surface area contributed by atoms with Crippen molar-refractivity contribution in [2.75, 3.05) is 13.1 Å². The highest BCUT2D eigenvalue weighted by Gasteiger charge is 2.41. The van der Waals surface area contributed by atoms with Crippen LogP contribution in [-0.4, -0.2) is 39.5 Å². The number of carbonyl (C=O) groups excluding carboxylic acids is 2. The molecule has 0 bridgehead atoms. The van der Waals surface area contributed by atoms with Crippen LogP contribution in [0.3, 0.4) is 0 Å². The molecule has 0 saturated heterocycles. The van der Waals surface area contributed by atoms with Crippen molar-refractivity contribution in [3.05, 3.63) is 66.1 Å². The van der Waals surface area contributed by atoms with Gasteiger partial charge in [-0.3, -0.25) is 4.79 Å². The maximum absolute atomic E-state index is 14.2. The molecular formula is C22H19F2N4O3+. The lowest BCUT2D eigenvalue weighted by Crippen LogP contribution is -3.10. The summed E-state index contributed by atoms with van der Waals surface area (Å²) in [4.78, 5) is 31.5. The lowest BCUT2D eigenvalue weighted by Gasteiger charge is -2.20. The second kappa shape index (κ2) is 7.59. The van der Waals surface area contributed by atoms with E-state index in [-0.39, 0.29) is 41.2 Å². The molecule has 0 radical (unpaired) electrons. The number of quaternary nitrogens is 1. The molecule has 2 aliphatic heterocycles. The van der Waals surface area contributed by atoms with Crippen molar-refractivity contribution in [2.45, 2.75) is 19.5 Å². The number of imidazole rings is 1. The third kappa shape index (κ3) is 3.57. The fraction of sp³-hybridized carbons (Fsp3) is 0.227. The maximum Gasteiger partial charge on any atom is 0.525 e. The number of benzene rings is 2. The van der Waals surface area contributed by atoms with E-state index in [1.165, 1.54) is 30.3 Å². The average molecular weight is 425 g/mol. The smallest absolute Gasteiger partial charge is 0.374 e. The molecule has 7 nitrogen and oxygen atoms in total. The summed E-state index contributed by atoms with van der Waals surface area (Å²) in [5.41, 5.74) is 1.56. The van der Waals surface area contributed by atoms with Crippen LogP contribution in [-0.2, 0) is 17.9 Å². The van der Waals surface area contributed by atoms with Gasteiger partial charge < -0.3 is 14.2 Å². The van der Waals surface area contributed by atoms with Crippen LogP contribution in [0.1, 0.15) is 12.2 Å². The summed E-state index contributed by atoms with van der Waals surface area (Å²) in [6.07, 6.45) is 1.91. The molecule has 1 atom stereocenters. The molecule has 2 amide bonds. The van der Waals surface area contributed by atoms with Gasteiger partial charge in [0.05, 0.1) is 12.2 Å². The molecule has 5 rings (SSSR count). The van der Waals surface area contributed by atoms with Crippen LogP contribution >= 0.6 is 0 Å². The van der Waals surface area contributed by atoms with Gasteiger partial charge in [0.15, 0.2) is 12.4 Å². The van der Waals surface area contributed by atoms with E-state index in [9.17, 15) is 18.4 Å². The number of nitrogens with zero attached hydrogens (tertiary/aromatic N) is 3. The van der Waals surface area contributed by atoms with Gasteiger partial charge in [-0.15, -0.1) is 0 Å². The minimum Gasteiger partial charge on any atom is -0.374 e. The number of carbonyl (C=O) groups is 2. The number of ether oxygens (including phenoxy) is 1. The Balaban J connectivity index is 1.35. The highest BCUT2D eigenvalue weighted by Crippen LogP contribution is 2.27. The fourth-order valence-electron chi connectivity index (χ4n) is 4.00. The van der Waals surface area contributed by atoms with E-state index in [1.807, 2.05) is 10.8 Å². The normalized spacial score (nSPS) is 17.7. The zero-order valence-corrected chi connectivity index (χ0v) is 16.5. The molecule has 2 aliphatic rings. The Morgan fingerprint density at radius 2 is 1.94 bits per heavy atom. The number of aromatic nitrogens is 2. The zero-order chi connectivity index (χ0) is 21.5. The molecule has 1 N–H and O–H groups in total. The van der Waals surface area contributed by atoms with Crippen LogP contribution in [0.2, 0.25) is 0 Å². The average Bonchev–Trinajstić information content (AvgIpc) is 3.22. The number of halogens is 2. The lowest BCUT2D eigenvalue weighted by molar-refractivity contribution is -0.734. The zero-order valence-electron chi connectivity index (χ0n) is 16.5. The molecule has 0 saturated carbocycles. The van der Waals surface area contributed by atoms with Gasteiger partial charge in [-0.05, 0) is 42.8 Å². The first-order chi connectivity index (χ1) is 15.0. The van der Waals surface area contributed by atoms with Crippen LogP contribution in [0.5, 0.6) is 5.75 Å². The van der Waals surface area contributed by atoms with Gasteiger partial charge in [0.2, 0.25) is 11.4 Å². The number of amides is 2. The topological polar surface area (TPSA) is 68.9 Å². The maximum atomic E-state index is 14.2. The summed E-state index contributed by atoms with van der Waals surface area (Å²) in [5.74, 6) is -0.342. The Morgan fingerprint density at radius 3 is 2.74 bits per heavy atom. The van der Waals surface area contributed by atoms with Crippen molar-refractivity contribution in [3.8, 4) is 17.0 Å². The number of hydrogen-bond donors (Lipinski definition) is 1. The van der Waals surface area contributed by atoms with E-state index in [2.05, 4.69) is 4.98 Å². The quantitative estimate of drug-likeness (QED) is 0.699. The van der Waals surface area contributed by atoms with E-state index < -0.39 is 11.9 Å². The van der Waals surface area contributed by atoms with E-state index in [0.29, 0.717) is 31.0 Å². The Hall–Kier alpha value is -3.59. The van der Waals surface area contributed by atoms with Gasteiger partial charge in [-0.25, -0.2) is 13.8 Å². The number of para-hydroxylation sites is 1. The molecule has 3 aromatic rings. The summed E-state index contributed by atoms with van der Waals surface area (Å²) in [6.45, 7) is 1.22. The van der Waals surface area contributed by atoms with E-state index >= 15 is 0 Å². The molecular weight excluding hydrogens is 406 g/mol. The number of fused-ring (bicyclic) bond motifs is 2. The van der Waals surface area contributed by atoms with Gasteiger partial charge in [0.25, 0.3) is 5.91 Å². The number of hydrogen-bond acceptors (Lipinski definition) is 4. The Labute approximate surface area is 176 Å². The fourth-order valence-corrected chi connectivity index (χ4v) is 4.00. The van der Waals surface area contributed by atoms with Gasteiger partial charge in [0.1, 0.15) is 11.6 Å². The minimum atomic E-state index is -0.691. The predicted molar refractivity (Wildman–Crippen MR) is 106 cm³/mol. The summed E-state index contributed by atoms with van der Waals surface area (Å²) < 4.78 is 34.5. The van der Waals surface area contributed by atoms with Gasteiger partial charge in [-0.1, -0.05) is 6.07 Å². The summed E-state index contributed by atoms with van der Waals surface area (Å²) in [5, 5.41) is 0. The monoisotopic (exact) mass is 425 g/mol. The molecule has 31 heavy (non-hydrogen) atoms. The van der Waals surface area contributed by atoms with Gasteiger partial charge in [-0.2, -0.15) is 9.69 Å². The lowest BCUT2D eigenvalue weighted by atomic mass is 10.2. The molecule has 3 heterocycles. The van der Waals surface area contributed by atoms with Crippen molar-refractivity contribution in [3.63, 3.8) is 0 Å². The Bertz CT molecular complexity index is 1180. The molecule has 2 aromatic carbocycles. The predicted octanol–water partition coefficient (Wildman–Crippen LogP) is 2.29. The number of aryl methyl sites for hydroxylation is 1. The van der Waals surface area contributed by atoms with Crippen LogP contribution in [0.25, 0.3) is 11.3 Å².